The normalized spacial score (nSPS) is 11.7. The van der Waals surface area contributed by atoms with Crippen LogP contribution in [0.15, 0.2) is 11.6 Å². The van der Waals surface area contributed by atoms with Gasteiger partial charge in [-0.15, -0.1) is 0 Å². The third kappa shape index (κ3) is 6.02. The van der Waals surface area contributed by atoms with E-state index in [0.29, 0.717) is 6.42 Å². The zero-order valence-electron chi connectivity index (χ0n) is 6.48. The van der Waals surface area contributed by atoms with Gasteiger partial charge >= 0.3 is 0 Å². The summed E-state index contributed by atoms with van der Waals surface area (Å²) in [6, 6.07) is 0. The summed E-state index contributed by atoms with van der Waals surface area (Å²) in [5, 5.41) is 0.886. The highest BCUT2D eigenvalue weighted by Gasteiger charge is 1.93. The van der Waals surface area contributed by atoms with Crippen molar-refractivity contribution in [1.29, 1.82) is 0 Å². The van der Waals surface area contributed by atoms with Gasteiger partial charge in [0.25, 0.3) is 0 Å². The van der Waals surface area contributed by atoms with Gasteiger partial charge in [0.1, 0.15) is 5.78 Å². The average Bonchev–Trinajstić information content (AvgIpc) is 1.85. The van der Waals surface area contributed by atoms with Crippen LogP contribution in [0.5, 0.6) is 0 Å². The van der Waals surface area contributed by atoms with Crippen LogP contribution in [0.4, 0.5) is 0 Å². The summed E-state index contributed by atoms with van der Waals surface area (Å²) in [5.41, 5.74) is 1.28. The number of carbonyl (C=O) groups is 1. The number of carbonyl (C=O) groups excluding carboxylic acids is 1. The van der Waals surface area contributed by atoms with Crippen molar-refractivity contribution >= 4 is 21.7 Å². The zero-order chi connectivity index (χ0) is 7.98. The molecule has 0 aromatic rings. The standard InChI is InChI=1S/C8H13BrO/c1-7(5-6-9)3-4-8(2)10/h5H,3-4,6H2,1-2H3/b7-5+. The lowest BCUT2D eigenvalue weighted by molar-refractivity contribution is -0.116. The topological polar surface area (TPSA) is 17.1 Å². The minimum Gasteiger partial charge on any atom is -0.300 e. The van der Waals surface area contributed by atoms with Crippen molar-refractivity contribution in [3.05, 3.63) is 11.6 Å². The highest BCUT2D eigenvalue weighted by atomic mass is 79.9. The summed E-state index contributed by atoms with van der Waals surface area (Å²) in [7, 11) is 0. The maximum atomic E-state index is 10.5. The Morgan fingerprint density at radius 1 is 1.40 bits per heavy atom. The van der Waals surface area contributed by atoms with Crippen molar-refractivity contribution in [2.45, 2.75) is 26.7 Å². The zero-order valence-corrected chi connectivity index (χ0v) is 8.07. The SMILES string of the molecule is CC(=O)CC/C(C)=C/CBr. The summed E-state index contributed by atoms with van der Waals surface area (Å²) in [4.78, 5) is 10.5. The molecule has 0 amide bonds. The van der Waals surface area contributed by atoms with Crippen molar-refractivity contribution < 1.29 is 4.79 Å². The first-order valence-electron chi connectivity index (χ1n) is 3.38. The van der Waals surface area contributed by atoms with Crippen molar-refractivity contribution in [2.24, 2.45) is 0 Å². The molecule has 0 rings (SSSR count). The van der Waals surface area contributed by atoms with E-state index in [9.17, 15) is 4.79 Å². The molecule has 0 aromatic carbocycles. The number of rotatable bonds is 4. The van der Waals surface area contributed by atoms with E-state index in [4.69, 9.17) is 0 Å². The Labute approximate surface area is 70.6 Å². The predicted molar refractivity (Wildman–Crippen MR) is 47.5 cm³/mol. The molecule has 0 N–H and O–H groups in total. The molecule has 0 heterocycles. The molecule has 0 unspecified atom stereocenters. The smallest absolute Gasteiger partial charge is 0.130 e. The van der Waals surface area contributed by atoms with Crippen molar-refractivity contribution in [1.82, 2.24) is 0 Å². The lowest BCUT2D eigenvalue weighted by Gasteiger charge is -1.95. The quantitative estimate of drug-likeness (QED) is 0.509. The maximum absolute atomic E-state index is 10.5. The van der Waals surface area contributed by atoms with Crippen LogP contribution in [-0.2, 0) is 4.79 Å². The Balaban J connectivity index is 3.48. The fraction of sp³-hybridized carbons (Fsp3) is 0.625. The Morgan fingerprint density at radius 3 is 2.40 bits per heavy atom. The number of alkyl halides is 1. The third-order valence-corrected chi connectivity index (χ3v) is 1.62. The third-order valence-electron chi connectivity index (χ3n) is 1.30. The Bertz CT molecular complexity index is 138. The van der Waals surface area contributed by atoms with Gasteiger partial charge in [-0.1, -0.05) is 27.6 Å². The van der Waals surface area contributed by atoms with E-state index in [-0.39, 0.29) is 5.78 Å². The molecule has 1 nitrogen and oxygen atoms in total. The molecule has 0 aliphatic carbocycles. The summed E-state index contributed by atoms with van der Waals surface area (Å²) in [6.07, 6.45) is 3.67. The summed E-state index contributed by atoms with van der Waals surface area (Å²) < 4.78 is 0. The van der Waals surface area contributed by atoms with Crippen LogP contribution in [0.1, 0.15) is 26.7 Å². The van der Waals surface area contributed by atoms with Crippen molar-refractivity contribution in [3.8, 4) is 0 Å². The van der Waals surface area contributed by atoms with E-state index in [1.54, 1.807) is 6.92 Å². The lowest BCUT2D eigenvalue weighted by Crippen LogP contribution is -1.89. The first kappa shape index (κ1) is 9.89. The molecule has 0 saturated heterocycles. The first-order chi connectivity index (χ1) is 4.66. The monoisotopic (exact) mass is 204 g/mol. The highest BCUT2D eigenvalue weighted by molar-refractivity contribution is 9.09. The fourth-order valence-corrected chi connectivity index (χ4v) is 1.16. The average molecular weight is 205 g/mol. The van der Waals surface area contributed by atoms with Gasteiger partial charge < -0.3 is 4.79 Å². The van der Waals surface area contributed by atoms with Gasteiger partial charge in [-0.3, -0.25) is 0 Å². The summed E-state index contributed by atoms with van der Waals surface area (Å²) >= 11 is 3.30. The van der Waals surface area contributed by atoms with Crippen LogP contribution in [0.2, 0.25) is 0 Å². The van der Waals surface area contributed by atoms with Gasteiger partial charge in [0.15, 0.2) is 0 Å². The molecule has 0 bridgehead atoms. The van der Waals surface area contributed by atoms with Crippen molar-refractivity contribution in [3.63, 3.8) is 0 Å². The summed E-state index contributed by atoms with van der Waals surface area (Å²) in [5.74, 6) is 0.266. The Kier molecular flexibility index (Phi) is 5.60. The molecule has 2 heteroatoms. The molecule has 0 aromatic heterocycles. The molecular formula is C8H13BrO. The molecule has 0 saturated carbocycles. The Morgan fingerprint density at radius 2 is 2.00 bits per heavy atom. The van der Waals surface area contributed by atoms with Crippen LogP contribution < -0.4 is 0 Å². The van der Waals surface area contributed by atoms with Gasteiger partial charge in [-0.05, 0) is 20.3 Å². The highest BCUT2D eigenvalue weighted by Crippen LogP contribution is 2.04. The van der Waals surface area contributed by atoms with Gasteiger partial charge in [0.05, 0.1) is 0 Å². The van der Waals surface area contributed by atoms with E-state index >= 15 is 0 Å². The lowest BCUT2D eigenvalue weighted by atomic mass is 10.1. The number of Topliss-reactive ketones (excluding diaryl/α,β-unsaturated/α-hetero) is 1. The number of ketones is 1. The molecular weight excluding hydrogens is 192 g/mol. The number of halogens is 1. The largest absolute Gasteiger partial charge is 0.300 e. The minimum atomic E-state index is 0.266. The van der Waals surface area contributed by atoms with Crippen LogP contribution in [0.25, 0.3) is 0 Å². The molecule has 0 spiro atoms. The van der Waals surface area contributed by atoms with E-state index in [1.807, 2.05) is 6.92 Å². The van der Waals surface area contributed by atoms with Crippen molar-refractivity contribution in [2.75, 3.05) is 5.33 Å². The van der Waals surface area contributed by atoms with Crippen LogP contribution >= 0.6 is 15.9 Å². The maximum Gasteiger partial charge on any atom is 0.130 e. The van der Waals surface area contributed by atoms with Crippen LogP contribution in [0.3, 0.4) is 0 Å². The molecule has 58 valence electrons. The number of allylic oxidation sites excluding steroid dienone is 2. The van der Waals surface area contributed by atoms with E-state index in [1.165, 1.54) is 5.57 Å². The fourth-order valence-electron chi connectivity index (χ4n) is 0.607. The van der Waals surface area contributed by atoms with Gasteiger partial charge in [-0.25, -0.2) is 0 Å². The van der Waals surface area contributed by atoms with E-state index in [2.05, 4.69) is 22.0 Å². The Hall–Kier alpha value is -0.110. The van der Waals surface area contributed by atoms with Gasteiger partial charge in [0.2, 0.25) is 0 Å². The van der Waals surface area contributed by atoms with Gasteiger partial charge in [-0.2, -0.15) is 0 Å². The number of hydrogen-bond donors (Lipinski definition) is 0. The molecule has 0 radical (unpaired) electrons. The molecule has 0 atom stereocenters. The molecule has 0 aliphatic heterocycles. The number of hydrogen-bond acceptors (Lipinski definition) is 1. The molecule has 0 aliphatic rings. The molecule has 0 fully saturated rings. The predicted octanol–water partition coefficient (Wildman–Crippen LogP) is 2.70. The van der Waals surface area contributed by atoms with E-state index < -0.39 is 0 Å². The molecule has 10 heavy (non-hydrogen) atoms. The second kappa shape index (κ2) is 5.66. The van der Waals surface area contributed by atoms with Crippen LogP contribution in [0, 0.1) is 0 Å². The second-order valence-corrected chi connectivity index (χ2v) is 3.05. The second-order valence-electron chi connectivity index (χ2n) is 2.41. The summed E-state index contributed by atoms with van der Waals surface area (Å²) in [6.45, 7) is 3.67. The van der Waals surface area contributed by atoms with Gasteiger partial charge in [0, 0.05) is 11.8 Å². The minimum absolute atomic E-state index is 0.266. The van der Waals surface area contributed by atoms with E-state index in [0.717, 1.165) is 11.8 Å². The van der Waals surface area contributed by atoms with Crippen LogP contribution in [-0.4, -0.2) is 11.1 Å². The first-order valence-corrected chi connectivity index (χ1v) is 4.50.